The summed E-state index contributed by atoms with van der Waals surface area (Å²) in [6, 6.07) is 14.3. The highest BCUT2D eigenvalue weighted by molar-refractivity contribution is 7.88. The molecule has 2 aromatic carbocycles. The van der Waals surface area contributed by atoms with E-state index in [9.17, 15) is 13.2 Å². The van der Waals surface area contributed by atoms with Crippen LogP contribution in [0, 0.1) is 0 Å². The lowest BCUT2D eigenvalue weighted by Crippen LogP contribution is -2.42. The molecule has 0 aromatic heterocycles. The molecular formula is C17H19N3O3S. The number of likely N-dealkylation sites (N-methyl/N-ethyl adjacent to an activating group) is 1. The highest BCUT2D eigenvalue weighted by atomic mass is 32.2. The summed E-state index contributed by atoms with van der Waals surface area (Å²) in [6.45, 7) is 1.31. The lowest BCUT2D eigenvalue weighted by molar-refractivity contribution is 0.0986. The molecule has 126 valence electrons. The van der Waals surface area contributed by atoms with Crippen LogP contribution in [-0.2, 0) is 15.8 Å². The Morgan fingerprint density at radius 2 is 1.79 bits per heavy atom. The molecule has 3 rings (SSSR count). The van der Waals surface area contributed by atoms with Gasteiger partial charge in [-0.3, -0.25) is 4.79 Å². The van der Waals surface area contributed by atoms with Gasteiger partial charge in [-0.1, -0.05) is 24.3 Å². The van der Waals surface area contributed by atoms with Crippen molar-refractivity contribution in [3.63, 3.8) is 0 Å². The third kappa shape index (κ3) is 3.42. The maximum absolute atomic E-state index is 12.9. The summed E-state index contributed by atoms with van der Waals surface area (Å²) >= 11 is 0. The van der Waals surface area contributed by atoms with Gasteiger partial charge < -0.3 is 9.80 Å². The lowest BCUT2D eigenvalue weighted by atomic mass is 10.1. The van der Waals surface area contributed by atoms with E-state index < -0.39 is 10.0 Å². The Morgan fingerprint density at radius 3 is 2.50 bits per heavy atom. The maximum atomic E-state index is 12.9. The predicted molar refractivity (Wildman–Crippen MR) is 94.6 cm³/mol. The normalized spacial score (nSPS) is 14.4. The van der Waals surface area contributed by atoms with Crippen molar-refractivity contribution in [2.24, 2.45) is 5.14 Å². The second kappa shape index (κ2) is 6.26. The minimum Gasteiger partial charge on any atom is -0.371 e. The molecule has 0 saturated carbocycles. The van der Waals surface area contributed by atoms with Crippen molar-refractivity contribution in [2.75, 3.05) is 29.9 Å². The first-order valence-corrected chi connectivity index (χ1v) is 9.28. The van der Waals surface area contributed by atoms with Gasteiger partial charge in [0.25, 0.3) is 5.91 Å². The fraction of sp³-hybridized carbons (Fsp3) is 0.235. The van der Waals surface area contributed by atoms with Crippen LogP contribution in [0.15, 0.2) is 48.5 Å². The van der Waals surface area contributed by atoms with E-state index in [1.165, 1.54) is 0 Å². The van der Waals surface area contributed by atoms with Gasteiger partial charge in [-0.25, -0.2) is 13.6 Å². The Bertz CT molecular complexity index is 880. The third-order valence-corrected chi connectivity index (χ3v) is 4.77. The smallest absolute Gasteiger partial charge is 0.258 e. The molecule has 0 unspecified atom stereocenters. The zero-order valence-electron chi connectivity index (χ0n) is 13.3. The highest BCUT2D eigenvalue weighted by Gasteiger charge is 2.25. The zero-order valence-corrected chi connectivity index (χ0v) is 14.2. The fourth-order valence-electron chi connectivity index (χ4n) is 2.90. The zero-order chi connectivity index (χ0) is 17.3. The van der Waals surface area contributed by atoms with E-state index in [4.69, 9.17) is 5.14 Å². The molecule has 2 N–H and O–H groups in total. The Hall–Kier alpha value is -2.38. The van der Waals surface area contributed by atoms with Crippen LogP contribution in [0.2, 0.25) is 0 Å². The number of carbonyl (C=O) groups excluding carboxylic acids is 1. The van der Waals surface area contributed by atoms with E-state index in [-0.39, 0.29) is 11.7 Å². The minimum absolute atomic E-state index is 0.146. The predicted octanol–water partition coefficient (Wildman–Crippen LogP) is 1.57. The molecule has 0 saturated heterocycles. The van der Waals surface area contributed by atoms with Gasteiger partial charge in [0, 0.05) is 25.7 Å². The highest BCUT2D eigenvalue weighted by Crippen LogP contribution is 2.32. The van der Waals surface area contributed by atoms with Crippen LogP contribution in [0.5, 0.6) is 0 Å². The fourth-order valence-corrected chi connectivity index (χ4v) is 3.54. The summed E-state index contributed by atoms with van der Waals surface area (Å²) in [7, 11) is -1.64. The van der Waals surface area contributed by atoms with E-state index in [0.29, 0.717) is 17.7 Å². The van der Waals surface area contributed by atoms with Gasteiger partial charge >= 0.3 is 0 Å². The second-order valence-corrected chi connectivity index (χ2v) is 7.49. The molecule has 1 heterocycles. The maximum Gasteiger partial charge on any atom is 0.258 e. The number of hydrogen-bond acceptors (Lipinski definition) is 4. The van der Waals surface area contributed by atoms with Crippen molar-refractivity contribution in [2.45, 2.75) is 5.75 Å². The molecule has 0 fully saturated rings. The van der Waals surface area contributed by atoms with E-state index >= 15 is 0 Å². The van der Waals surface area contributed by atoms with E-state index in [1.54, 1.807) is 29.2 Å². The molecule has 0 radical (unpaired) electrons. The topological polar surface area (TPSA) is 83.7 Å². The number of nitrogens with two attached hydrogens (primary N) is 1. The van der Waals surface area contributed by atoms with E-state index in [2.05, 4.69) is 4.90 Å². The van der Waals surface area contributed by atoms with Crippen molar-refractivity contribution in [3.8, 4) is 0 Å². The summed E-state index contributed by atoms with van der Waals surface area (Å²) in [5.74, 6) is -0.431. The summed E-state index contributed by atoms with van der Waals surface area (Å²) in [4.78, 5) is 16.7. The molecule has 1 aliphatic rings. The van der Waals surface area contributed by atoms with Crippen molar-refractivity contribution in [1.82, 2.24) is 0 Å². The molecule has 0 spiro atoms. The SMILES string of the molecule is CN1CCN(C(=O)c2cccc(CS(N)(=O)=O)c2)c2ccccc21. The molecule has 6 nitrogen and oxygen atoms in total. The lowest BCUT2D eigenvalue weighted by Gasteiger charge is -2.35. The Kier molecular flexibility index (Phi) is 4.29. The summed E-state index contributed by atoms with van der Waals surface area (Å²) < 4.78 is 22.5. The standard InChI is InChI=1S/C17H19N3O3S/c1-19-9-10-20(16-8-3-2-7-15(16)19)17(21)14-6-4-5-13(11-14)12-24(18,22)23/h2-8,11H,9-10,12H2,1H3,(H2,18,22,23). The Balaban J connectivity index is 1.93. The number of fused-ring (bicyclic) bond motifs is 1. The van der Waals surface area contributed by atoms with E-state index in [1.807, 2.05) is 31.3 Å². The Labute approximate surface area is 141 Å². The Morgan fingerprint density at radius 1 is 1.08 bits per heavy atom. The molecule has 24 heavy (non-hydrogen) atoms. The van der Waals surface area contributed by atoms with Gasteiger partial charge in [-0.05, 0) is 29.8 Å². The van der Waals surface area contributed by atoms with Crippen molar-refractivity contribution < 1.29 is 13.2 Å². The first kappa shape index (κ1) is 16.5. The van der Waals surface area contributed by atoms with Crippen molar-refractivity contribution >= 4 is 27.3 Å². The number of carbonyl (C=O) groups is 1. The quantitative estimate of drug-likeness (QED) is 0.915. The first-order chi connectivity index (χ1) is 11.3. The number of para-hydroxylation sites is 2. The number of hydrogen-bond donors (Lipinski definition) is 1. The molecular weight excluding hydrogens is 326 g/mol. The molecule has 7 heteroatoms. The molecule has 1 aliphatic heterocycles. The summed E-state index contributed by atoms with van der Waals surface area (Å²) in [5, 5.41) is 5.09. The van der Waals surface area contributed by atoms with Crippen LogP contribution in [0.3, 0.4) is 0 Å². The summed E-state index contributed by atoms with van der Waals surface area (Å²) in [6.07, 6.45) is 0. The van der Waals surface area contributed by atoms with Gasteiger partial charge in [0.1, 0.15) is 0 Å². The first-order valence-electron chi connectivity index (χ1n) is 7.56. The van der Waals surface area contributed by atoms with Crippen LogP contribution in [0.4, 0.5) is 11.4 Å². The molecule has 0 atom stereocenters. The average molecular weight is 345 g/mol. The molecule has 1 amide bonds. The van der Waals surface area contributed by atoms with E-state index in [0.717, 1.165) is 17.9 Å². The second-order valence-electron chi connectivity index (χ2n) is 5.87. The summed E-state index contributed by atoms with van der Waals surface area (Å²) in [5.41, 5.74) is 2.81. The van der Waals surface area contributed by atoms with Gasteiger partial charge in [-0.15, -0.1) is 0 Å². The van der Waals surface area contributed by atoms with Gasteiger partial charge in [-0.2, -0.15) is 0 Å². The van der Waals surface area contributed by atoms with Crippen LogP contribution in [0.1, 0.15) is 15.9 Å². The number of benzene rings is 2. The van der Waals surface area contributed by atoms with Crippen LogP contribution in [-0.4, -0.2) is 34.5 Å². The molecule has 0 bridgehead atoms. The van der Waals surface area contributed by atoms with Crippen molar-refractivity contribution in [3.05, 3.63) is 59.7 Å². The number of rotatable bonds is 3. The molecule has 0 aliphatic carbocycles. The number of nitrogens with zero attached hydrogens (tertiary/aromatic N) is 2. The number of primary sulfonamides is 1. The van der Waals surface area contributed by atoms with Crippen LogP contribution >= 0.6 is 0 Å². The van der Waals surface area contributed by atoms with Crippen molar-refractivity contribution in [1.29, 1.82) is 0 Å². The number of sulfonamides is 1. The van der Waals surface area contributed by atoms with Crippen LogP contribution in [0.25, 0.3) is 0 Å². The monoisotopic (exact) mass is 345 g/mol. The molecule has 2 aromatic rings. The number of anilines is 2. The van der Waals surface area contributed by atoms with Crippen LogP contribution < -0.4 is 14.9 Å². The number of amides is 1. The average Bonchev–Trinajstić information content (AvgIpc) is 2.53. The van der Waals surface area contributed by atoms with Gasteiger partial charge in [0.2, 0.25) is 10.0 Å². The van der Waals surface area contributed by atoms with Gasteiger partial charge in [0.05, 0.1) is 17.1 Å². The van der Waals surface area contributed by atoms with Gasteiger partial charge in [0.15, 0.2) is 0 Å². The third-order valence-electron chi connectivity index (χ3n) is 4.03. The largest absolute Gasteiger partial charge is 0.371 e. The minimum atomic E-state index is -3.63.